The maximum Gasteiger partial charge on any atom is 0.375 e. The summed E-state index contributed by atoms with van der Waals surface area (Å²) < 4.78 is 13.0. The van der Waals surface area contributed by atoms with Crippen molar-refractivity contribution in [1.29, 1.82) is 0 Å². The molecule has 0 saturated heterocycles. The van der Waals surface area contributed by atoms with Gasteiger partial charge in [0, 0.05) is 5.57 Å². The second-order valence-electron chi connectivity index (χ2n) is 9.95. The summed E-state index contributed by atoms with van der Waals surface area (Å²) >= 11 is 0. The average Bonchev–Trinajstić information content (AvgIpc) is 2.30. The van der Waals surface area contributed by atoms with Crippen molar-refractivity contribution in [3.05, 3.63) is 12.2 Å². The fraction of sp³-hybridized carbons (Fsp3) is 0.812. The van der Waals surface area contributed by atoms with Crippen LogP contribution in [0, 0.1) is 0 Å². The van der Waals surface area contributed by atoms with E-state index in [9.17, 15) is 4.79 Å². The van der Waals surface area contributed by atoms with E-state index < -0.39 is 38.9 Å². The van der Waals surface area contributed by atoms with Gasteiger partial charge >= 0.3 is 15.3 Å². The lowest BCUT2D eigenvalue weighted by Crippen LogP contribution is -2.85. The minimum absolute atomic E-state index is 0.259. The molecule has 0 spiro atoms. The van der Waals surface area contributed by atoms with Crippen LogP contribution in [0.5, 0.6) is 0 Å². The van der Waals surface area contributed by atoms with E-state index in [1.165, 1.54) is 0 Å². The van der Waals surface area contributed by atoms with Crippen LogP contribution >= 0.6 is 0 Å². The molecule has 0 aromatic rings. The minimum Gasteiger partial charge on any atom is -0.494 e. The van der Waals surface area contributed by atoms with E-state index in [0.717, 1.165) is 12.5 Å². The Kier molecular flexibility index (Phi) is 8.39. The van der Waals surface area contributed by atoms with Gasteiger partial charge in [0.15, 0.2) is 0 Å². The van der Waals surface area contributed by atoms with Crippen LogP contribution in [0.1, 0.15) is 20.3 Å². The van der Waals surface area contributed by atoms with Crippen molar-refractivity contribution in [3.8, 4) is 0 Å². The van der Waals surface area contributed by atoms with Gasteiger partial charge in [0.2, 0.25) is 0 Å². The molecular formula is C16H40O3Si5. The summed E-state index contributed by atoms with van der Waals surface area (Å²) in [6.07, 6.45) is 1.01. The van der Waals surface area contributed by atoms with Crippen molar-refractivity contribution in [2.24, 2.45) is 0 Å². The van der Waals surface area contributed by atoms with Crippen molar-refractivity contribution in [1.82, 2.24) is 0 Å². The predicted molar refractivity (Wildman–Crippen MR) is 120 cm³/mol. The molecule has 0 aromatic carbocycles. The molecule has 0 aliphatic heterocycles. The van der Waals surface area contributed by atoms with Crippen LogP contribution in [-0.2, 0) is 13.3 Å². The van der Waals surface area contributed by atoms with E-state index >= 15 is 0 Å². The maximum atomic E-state index is 12.1. The molecule has 0 heterocycles. The quantitative estimate of drug-likeness (QED) is 0.391. The Bertz CT molecular complexity index is 422. The topological polar surface area (TPSA) is 35.5 Å². The lowest BCUT2D eigenvalue weighted by molar-refractivity contribution is -0.131. The van der Waals surface area contributed by atoms with Gasteiger partial charge in [-0.25, -0.2) is 4.79 Å². The zero-order valence-corrected chi connectivity index (χ0v) is 23.1. The minimum atomic E-state index is -2.02. The number of hydrogen-bond acceptors (Lipinski definition) is 3. The predicted octanol–water partition coefficient (Wildman–Crippen LogP) is 4.95. The lowest BCUT2D eigenvalue weighted by atomic mass is 10.4. The Hall–Kier alpha value is 0.254. The van der Waals surface area contributed by atoms with E-state index in [1.807, 2.05) is 0 Å². The third-order valence-corrected chi connectivity index (χ3v) is 77.6. The summed E-state index contributed by atoms with van der Waals surface area (Å²) in [5.74, 6) is -0.259. The first-order valence-electron chi connectivity index (χ1n) is 9.05. The van der Waals surface area contributed by atoms with Gasteiger partial charge in [-0.3, -0.25) is 0 Å². The summed E-state index contributed by atoms with van der Waals surface area (Å²) in [5.41, 5.74) is 0.480. The molecule has 0 bridgehead atoms. The fourth-order valence-electron chi connectivity index (χ4n) is 4.70. The highest BCUT2D eigenvalue weighted by Gasteiger charge is 2.64. The Morgan fingerprint density at radius 2 is 1.29 bits per heavy atom. The number of hydrogen-bond donors (Lipinski definition) is 0. The molecule has 0 aliphatic carbocycles. The summed E-state index contributed by atoms with van der Waals surface area (Å²) in [7, 11) is -6.57. The summed E-state index contributed by atoms with van der Waals surface area (Å²) in [6.45, 7) is 28.1. The Labute approximate surface area is 155 Å². The molecule has 0 fully saturated rings. The van der Waals surface area contributed by atoms with Gasteiger partial charge in [0.1, 0.15) is 6.87 Å². The first kappa shape index (κ1) is 24.3. The highest BCUT2D eigenvalue weighted by Crippen LogP contribution is 2.38. The second kappa shape index (κ2) is 8.30. The smallest absolute Gasteiger partial charge is 0.375 e. The van der Waals surface area contributed by atoms with Crippen LogP contribution in [0.2, 0.25) is 65.0 Å². The molecule has 1 unspecified atom stereocenters. The Morgan fingerprint density at radius 3 is 1.54 bits per heavy atom. The first-order chi connectivity index (χ1) is 10.5. The van der Waals surface area contributed by atoms with Crippen molar-refractivity contribution < 1.29 is 13.3 Å². The van der Waals surface area contributed by atoms with Crippen LogP contribution in [-0.4, -0.2) is 44.9 Å². The fourth-order valence-corrected chi connectivity index (χ4v) is 113. The second-order valence-corrected chi connectivity index (χ2v) is 51.8. The SMILES string of the molecule is C=C(C)C(=O)O[SiH](CCC)O[Si]([Si](C)(C)C)([Si](C)(C)C)[Si](C)(C)C. The highest BCUT2D eigenvalue weighted by molar-refractivity contribution is 7.87. The molecule has 0 radical (unpaired) electrons. The Balaban J connectivity index is 6.06. The van der Waals surface area contributed by atoms with Gasteiger partial charge in [-0.1, -0.05) is 78.8 Å². The zero-order chi connectivity index (χ0) is 19.6. The van der Waals surface area contributed by atoms with Crippen LogP contribution in [0.4, 0.5) is 0 Å². The third-order valence-electron chi connectivity index (χ3n) is 4.59. The molecule has 24 heavy (non-hydrogen) atoms. The molecule has 0 aliphatic rings. The van der Waals surface area contributed by atoms with E-state index in [1.54, 1.807) is 6.92 Å². The number of carbonyl (C=O) groups excluding carboxylic acids is 1. The van der Waals surface area contributed by atoms with Crippen LogP contribution in [0.3, 0.4) is 0 Å². The molecule has 0 rings (SSSR count). The summed E-state index contributed by atoms with van der Waals surface area (Å²) in [6, 6.07) is 0.910. The third kappa shape index (κ3) is 5.37. The lowest BCUT2D eigenvalue weighted by Gasteiger charge is -2.57. The maximum absolute atomic E-state index is 12.1. The van der Waals surface area contributed by atoms with E-state index in [0.29, 0.717) is 5.57 Å². The molecule has 0 amide bonds. The van der Waals surface area contributed by atoms with Gasteiger partial charge < -0.3 is 8.54 Å². The summed E-state index contributed by atoms with van der Waals surface area (Å²) in [4.78, 5) is 12.1. The van der Waals surface area contributed by atoms with E-state index in [2.05, 4.69) is 72.4 Å². The monoisotopic (exact) mass is 420 g/mol. The van der Waals surface area contributed by atoms with Crippen LogP contribution in [0.15, 0.2) is 12.2 Å². The zero-order valence-electron chi connectivity index (χ0n) is 17.9. The van der Waals surface area contributed by atoms with Gasteiger partial charge in [0.05, 0.1) is 22.8 Å². The van der Waals surface area contributed by atoms with Crippen molar-refractivity contribution >= 4 is 44.9 Å². The molecule has 8 heteroatoms. The Morgan fingerprint density at radius 1 is 0.917 bits per heavy atom. The van der Waals surface area contributed by atoms with Crippen LogP contribution < -0.4 is 0 Å². The molecule has 3 nitrogen and oxygen atoms in total. The van der Waals surface area contributed by atoms with Crippen molar-refractivity contribution in [3.63, 3.8) is 0 Å². The van der Waals surface area contributed by atoms with Gasteiger partial charge in [-0.05, 0) is 13.0 Å². The van der Waals surface area contributed by atoms with Crippen molar-refractivity contribution in [2.45, 2.75) is 85.2 Å². The van der Waals surface area contributed by atoms with Crippen LogP contribution in [0.25, 0.3) is 0 Å². The standard InChI is InChI=1S/C16H40O3Si5/c1-13-14-20(18-16(17)15(2)3)19-24(21(4,5)6,22(7,8)9)23(10,11)12/h20H,2,13-14H2,1,3-12H3. The van der Waals surface area contributed by atoms with E-state index in [-0.39, 0.29) is 5.97 Å². The van der Waals surface area contributed by atoms with E-state index in [4.69, 9.17) is 8.54 Å². The molecule has 1 atom stereocenters. The van der Waals surface area contributed by atoms with Crippen molar-refractivity contribution in [2.75, 3.05) is 0 Å². The largest absolute Gasteiger partial charge is 0.494 e. The molecule has 0 N–H and O–H groups in total. The molecule has 0 aromatic heterocycles. The number of rotatable bonds is 9. The normalized spacial score (nSPS) is 15.1. The summed E-state index contributed by atoms with van der Waals surface area (Å²) in [5, 5.41) is 0. The first-order valence-corrected chi connectivity index (χ1v) is 26.2. The average molecular weight is 421 g/mol. The molecule has 0 saturated carbocycles. The van der Waals surface area contributed by atoms with Gasteiger partial charge in [-0.15, -0.1) is 0 Å². The number of carbonyl (C=O) groups is 1. The van der Waals surface area contributed by atoms with Gasteiger partial charge in [-0.2, -0.15) is 0 Å². The molecular weight excluding hydrogens is 381 g/mol. The molecule has 142 valence electrons. The van der Waals surface area contributed by atoms with Gasteiger partial charge in [0.25, 0.3) is 0 Å². The highest BCUT2D eigenvalue weighted by atomic mass is 29.9.